The van der Waals surface area contributed by atoms with Crippen LogP contribution < -0.4 is 15.0 Å². The number of nitrogens with one attached hydrogen (secondary N) is 1. The van der Waals surface area contributed by atoms with E-state index in [9.17, 15) is 9.59 Å². The molecule has 1 aliphatic rings. The van der Waals surface area contributed by atoms with E-state index in [2.05, 4.69) is 5.32 Å². The Morgan fingerprint density at radius 3 is 2.73 bits per heavy atom. The van der Waals surface area contributed by atoms with Crippen LogP contribution in [0.15, 0.2) is 42.5 Å². The zero-order valence-corrected chi connectivity index (χ0v) is 15.7. The maximum Gasteiger partial charge on any atom is 0.254 e. The van der Waals surface area contributed by atoms with Crippen molar-refractivity contribution < 1.29 is 14.3 Å². The van der Waals surface area contributed by atoms with Gasteiger partial charge in [-0.2, -0.15) is 0 Å². The molecule has 1 atom stereocenters. The normalized spacial score (nSPS) is 15.7. The third kappa shape index (κ3) is 3.94. The van der Waals surface area contributed by atoms with Crippen LogP contribution >= 0.6 is 23.2 Å². The first kappa shape index (κ1) is 18.5. The highest BCUT2D eigenvalue weighted by atomic mass is 35.5. The molecule has 0 saturated heterocycles. The van der Waals surface area contributed by atoms with E-state index in [4.69, 9.17) is 27.9 Å². The van der Waals surface area contributed by atoms with Gasteiger partial charge in [-0.3, -0.25) is 9.59 Å². The monoisotopic (exact) mass is 392 g/mol. The molecular formula is C19H18Cl2N2O3. The molecule has 0 saturated carbocycles. The summed E-state index contributed by atoms with van der Waals surface area (Å²) in [6.45, 7) is 2.29. The largest absolute Gasteiger partial charge is 0.492 e. The smallest absolute Gasteiger partial charge is 0.254 e. The van der Waals surface area contributed by atoms with Gasteiger partial charge in [0.15, 0.2) is 0 Å². The third-order valence-corrected chi connectivity index (χ3v) is 4.61. The molecule has 26 heavy (non-hydrogen) atoms. The number of para-hydroxylation sites is 1. The summed E-state index contributed by atoms with van der Waals surface area (Å²) in [4.78, 5) is 25.8. The molecule has 0 radical (unpaired) electrons. The predicted molar refractivity (Wildman–Crippen MR) is 102 cm³/mol. The molecule has 7 heteroatoms. The molecule has 1 N–H and O–H groups in total. The summed E-state index contributed by atoms with van der Waals surface area (Å²) >= 11 is 11.9. The molecule has 1 heterocycles. The molecule has 136 valence electrons. The Labute approximate surface area is 161 Å². The maximum absolute atomic E-state index is 12.7. The van der Waals surface area contributed by atoms with Crippen LogP contribution in [0.4, 0.5) is 5.69 Å². The van der Waals surface area contributed by atoms with Crippen LogP contribution in [0.5, 0.6) is 5.75 Å². The highest BCUT2D eigenvalue weighted by molar-refractivity contribution is 6.35. The van der Waals surface area contributed by atoms with Crippen molar-refractivity contribution in [2.24, 2.45) is 0 Å². The van der Waals surface area contributed by atoms with E-state index >= 15 is 0 Å². The number of halogens is 2. The van der Waals surface area contributed by atoms with Gasteiger partial charge in [-0.25, -0.2) is 0 Å². The molecule has 2 aromatic carbocycles. The first-order valence-corrected chi connectivity index (χ1v) is 8.98. The van der Waals surface area contributed by atoms with Crippen LogP contribution in [0.2, 0.25) is 10.0 Å². The summed E-state index contributed by atoms with van der Waals surface area (Å²) < 4.78 is 5.67. The molecule has 1 aliphatic heterocycles. The van der Waals surface area contributed by atoms with Crippen molar-refractivity contribution in [3.05, 3.63) is 58.1 Å². The van der Waals surface area contributed by atoms with Crippen molar-refractivity contribution in [1.29, 1.82) is 0 Å². The van der Waals surface area contributed by atoms with E-state index in [0.29, 0.717) is 35.4 Å². The van der Waals surface area contributed by atoms with E-state index < -0.39 is 6.04 Å². The summed E-state index contributed by atoms with van der Waals surface area (Å²) in [6.07, 6.45) is 0.617. The van der Waals surface area contributed by atoms with Gasteiger partial charge in [0.2, 0.25) is 5.91 Å². The summed E-state index contributed by atoms with van der Waals surface area (Å²) in [5.74, 6) is 0.187. The lowest BCUT2D eigenvalue weighted by Gasteiger charge is -2.18. The minimum Gasteiger partial charge on any atom is -0.492 e. The number of hydrogen-bond donors (Lipinski definition) is 1. The fourth-order valence-corrected chi connectivity index (χ4v) is 3.42. The zero-order chi connectivity index (χ0) is 18.7. The summed E-state index contributed by atoms with van der Waals surface area (Å²) in [6, 6.07) is 11.9. The number of nitrogens with zero attached hydrogens (tertiary/aromatic N) is 1. The van der Waals surface area contributed by atoms with Gasteiger partial charge in [0.05, 0.1) is 11.6 Å². The van der Waals surface area contributed by atoms with E-state index in [1.54, 1.807) is 23.1 Å². The van der Waals surface area contributed by atoms with Crippen molar-refractivity contribution in [3.63, 3.8) is 0 Å². The Morgan fingerprint density at radius 2 is 2.00 bits per heavy atom. The molecular weight excluding hydrogens is 375 g/mol. The standard InChI is InChI=1S/C19H18Cl2N2O3/c1-12(24)22-18-14-5-2-3-6-16(14)23(19(18)25)9-4-10-26-17-8-7-13(20)11-15(17)21/h2-3,5-8,11,18H,4,9-10H2,1H3,(H,22,24). The Morgan fingerprint density at radius 1 is 1.23 bits per heavy atom. The molecule has 0 bridgehead atoms. The lowest BCUT2D eigenvalue weighted by atomic mass is 10.1. The Balaban J connectivity index is 1.62. The molecule has 2 aromatic rings. The lowest BCUT2D eigenvalue weighted by molar-refractivity contribution is -0.126. The van der Waals surface area contributed by atoms with Crippen LogP contribution in [0, 0.1) is 0 Å². The minimum absolute atomic E-state index is 0.133. The fraction of sp³-hybridized carbons (Fsp3) is 0.263. The summed E-state index contributed by atoms with van der Waals surface area (Å²) in [5, 5.41) is 3.71. The number of anilines is 1. The van der Waals surface area contributed by atoms with Crippen molar-refractivity contribution >= 4 is 40.7 Å². The van der Waals surface area contributed by atoms with Crippen LogP contribution in [-0.4, -0.2) is 25.0 Å². The van der Waals surface area contributed by atoms with Crippen LogP contribution in [-0.2, 0) is 9.59 Å². The molecule has 3 rings (SSSR count). The van der Waals surface area contributed by atoms with E-state index in [-0.39, 0.29) is 11.8 Å². The van der Waals surface area contributed by atoms with Gasteiger partial charge < -0.3 is 15.0 Å². The van der Waals surface area contributed by atoms with Crippen LogP contribution in [0.3, 0.4) is 0 Å². The van der Waals surface area contributed by atoms with Crippen molar-refractivity contribution in [2.75, 3.05) is 18.1 Å². The van der Waals surface area contributed by atoms with E-state index in [1.807, 2.05) is 24.3 Å². The molecule has 0 fully saturated rings. The number of amides is 2. The van der Waals surface area contributed by atoms with Crippen molar-refractivity contribution in [3.8, 4) is 5.75 Å². The Kier molecular flexibility index (Phi) is 5.69. The molecule has 5 nitrogen and oxygen atoms in total. The second kappa shape index (κ2) is 7.98. The molecule has 1 unspecified atom stereocenters. The average molecular weight is 393 g/mol. The molecule has 2 amide bonds. The average Bonchev–Trinajstić information content (AvgIpc) is 2.85. The first-order chi connectivity index (χ1) is 12.5. The zero-order valence-electron chi connectivity index (χ0n) is 14.2. The predicted octanol–water partition coefficient (Wildman–Crippen LogP) is 3.99. The second-order valence-corrected chi connectivity index (χ2v) is 6.80. The number of fused-ring (bicyclic) bond motifs is 1. The third-order valence-electron chi connectivity index (χ3n) is 4.08. The SMILES string of the molecule is CC(=O)NC1C(=O)N(CCCOc2ccc(Cl)cc2Cl)c2ccccc21. The van der Waals surface area contributed by atoms with Gasteiger partial charge in [0.1, 0.15) is 11.8 Å². The summed E-state index contributed by atoms with van der Waals surface area (Å²) in [5.41, 5.74) is 1.63. The van der Waals surface area contributed by atoms with Crippen molar-refractivity contribution in [1.82, 2.24) is 5.32 Å². The quantitative estimate of drug-likeness (QED) is 0.756. The second-order valence-electron chi connectivity index (χ2n) is 5.96. The van der Waals surface area contributed by atoms with E-state index in [1.165, 1.54) is 6.92 Å². The molecule has 0 spiro atoms. The Bertz CT molecular complexity index is 841. The molecule has 0 aliphatic carbocycles. The minimum atomic E-state index is -0.629. The lowest BCUT2D eigenvalue weighted by Crippen LogP contribution is -2.37. The van der Waals surface area contributed by atoms with Crippen LogP contribution in [0.25, 0.3) is 0 Å². The van der Waals surface area contributed by atoms with Gasteiger partial charge in [0, 0.05) is 29.7 Å². The van der Waals surface area contributed by atoms with Crippen molar-refractivity contribution in [2.45, 2.75) is 19.4 Å². The van der Waals surface area contributed by atoms with E-state index in [0.717, 1.165) is 11.3 Å². The van der Waals surface area contributed by atoms with Gasteiger partial charge in [-0.05, 0) is 30.7 Å². The first-order valence-electron chi connectivity index (χ1n) is 8.22. The van der Waals surface area contributed by atoms with Gasteiger partial charge in [-0.1, -0.05) is 41.4 Å². The highest BCUT2D eigenvalue weighted by Gasteiger charge is 2.37. The maximum atomic E-state index is 12.7. The number of carbonyl (C=O) groups excluding carboxylic acids is 2. The Hall–Kier alpha value is -2.24. The van der Waals surface area contributed by atoms with Gasteiger partial charge in [-0.15, -0.1) is 0 Å². The number of carbonyl (C=O) groups is 2. The van der Waals surface area contributed by atoms with Gasteiger partial charge in [0.25, 0.3) is 5.91 Å². The number of hydrogen-bond acceptors (Lipinski definition) is 3. The number of benzene rings is 2. The fourth-order valence-electron chi connectivity index (χ4n) is 2.96. The number of ether oxygens (including phenoxy) is 1. The number of rotatable bonds is 6. The highest BCUT2D eigenvalue weighted by Crippen LogP contribution is 2.35. The van der Waals surface area contributed by atoms with Gasteiger partial charge >= 0.3 is 0 Å². The topological polar surface area (TPSA) is 58.6 Å². The van der Waals surface area contributed by atoms with Crippen LogP contribution in [0.1, 0.15) is 24.9 Å². The summed E-state index contributed by atoms with van der Waals surface area (Å²) in [7, 11) is 0. The molecule has 0 aromatic heterocycles.